The summed E-state index contributed by atoms with van der Waals surface area (Å²) in [6.07, 6.45) is 1.95. The number of likely N-dealkylation sites (tertiary alicyclic amines) is 1. The highest BCUT2D eigenvalue weighted by molar-refractivity contribution is 5.73. The van der Waals surface area contributed by atoms with Gasteiger partial charge in [0, 0.05) is 13.2 Å². The molecule has 0 saturated carbocycles. The molecule has 4 heteroatoms. The molecule has 15 heavy (non-hydrogen) atoms. The van der Waals surface area contributed by atoms with E-state index in [0.717, 1.165) is 25.9 Å². The molecule has 1 rings (SSSR count). The second kappa shape index (κ2) is 4.94. The molecule has 1 unspecified atom stereocenters. The number of hydrogen-bond acceptors (Lipinski definition) is 4. The Hall–Kier alpha value is -0.610. The molecule has 0 aliphatic carbocycles. The van der Waals surface area contributed by atoms with Crippen LogP contribution < -0.4 is 5.73 Å². The highest BCUT2D eigenvalue weighted by atomic mass is 16.6. The lowest BCUT2D eigenvalue weighted by atomic mass is 9.98. The number of rotatable bonds is 2. The zero-order chi connectivity index (χ0) is 11.5. The van der Waals surface area contributed by atoms with E-state index in [9.17, 15) is 4.79 Å². The third kappa shape index (κ3) is 4.18. The predicted molar refractivity (Wildman–Crippen MR) is 59.2 cm³/mol. The van der Waals surface area contributed by atoms with Crippen LogP contribution in [-0.4, -0.2) is 36.2 Å². The van der Waals surface area contributed by atoms with Crippen LogP contribution in [0.2, 0.25) is 0 Å². The Bertz CT molecular complexity index is 223. The average Bonchev–Trinajstić information content (AvgIpc) is 2.15. The Balaban J connectivity index is 2.45. The number of carbonyl (C=O) groups excluding carboxylic acids is 1. The van der Waals surface area contributed by atoms with Gasteiger partial charge in [-0.05, 0) is 40.2 Å². The number of ether oxygens (including phenoxy) is 1. The van der Waals surface area contributed by atoms with Crippen LogP contribution in [-0.2, 0) is 9.53 Å². The summed E-state index contributed by atoms with van der Waals surface area (Å²) in [4.78, 5) is 13.9. The van der Waals surface area contributed by atoms with Crippen molar-refractivity contribution in [3.05, 3.63) is 0 Å². The maximum atomic E-state index is 11.8. The van der Waals surface area contributed by atoms with E-state index in [1.807, 2.05) is 20.8 Å². The first-order valence-electron chi connectivity index (χ1n) is 5.57. The minimum Gasteiger partial charge on any atom is -0.460 e. The van der Waals surface area contributed by atoms with Gasteiger partial charge in [0.15, 0.2) is 0 Å². The molecule has 2 N–H and O–H groups in total. The molecule has 1 aliphatic rings. The molecule has 1 fully saturated rings. The lowest BCUT2D eigenvalue weighted by Crippen LogP contribution is -2.43. The smallest absolute Gasteiger partial charge is 0.310 e. The predicted octanol–water partition coefficient (Wildman–Crippen LogP) is 0.956. The quantitative estimate of drug-likeness (QED) is 0.696. The number of piperidine rings is 1. The molecule has 1 saturated heterocycles. The number of carbonyl (C=O) groups is 1. The summed E-state index contributed by atoms with van der Waals surface area (Å²) in [6.45, 7) is 7.96. The van der Waals surface area contributed by atoms with E-state index < -0.39 is 0 Å². The second-order valence-electron chi connectivity index (χ2n) is 5.13. The molecule has 1 heterocycles. The summed E-state index contributed by atoms with van der Waals surface area (Å²) >= 11 is 0. The second-order valence-corrected chi connectivity index (χ2v) is 5.13. The fraction of sp³-hybridized carbons (Fsp3) is 0.909. The highest BCUT2D eigenvalue weighted by Crippen LogP contribution is 2.19. The van der Waals surface area contributed by atoms with Crippen LogP contribution >= 0.6 is 0 Å². The van der Waals surface area contributed by atoms with Gasteiger partial charge in [0.2, 0.25) is 0 Å². The maximum Gasteiger partial charge on any atom is 0.310 e. The van der Waals surface area contributed by atoms with Gasteiger partial charge in [-0.1, -0.05) is 0 Å². The van der Waals surface area contributed by atoms with Crippen molar-refractivity contribution in [2.45, 2.75) is 39.2 Å². The van der Waals surface area contributed by atoms with Crippen LogP contribution in [0.1, 0.15) is 33.6 Å². The highest BCUT2D eigenvalue weighted by Gasteiger charge is 2.29. The summed E-state index contributed by atoms with van der Waals surface area (Å²) in [6, 6.07) is 0. The normalized spacial score (nSPS) is 23.9. The molecule has 1 atom stereocenters. The Morgan fingerprint density at radius 2 is 2.20 bits per heavy atom. The molecule has 88 valence electrons. The first kappa shape index (κ1) is 12.5. The summed E-state index contributed by atoms with van der Waals surface area (Å²) < 4.78 is 5.36. The molecule has 0 spiro atoms. The van der Waals surface area contributed by atoms with Crippen LogP contribution in [0, 0.1) is 5.92 Å². The summed E-state index contributed by atoms with van der Waals surface area (Å²) in [5.74, 6) is -0.0813. The van der Waals surface area contributed by atoms with E-state index in [-0.39, 0.29) is 17.5 Å². The molecule has 0 aromatic heterocycles. The van der Waals surface area contributed by atoms with Crippen molar-refractivity contribution in [3.8, 4) is 0 Å². The zero-order valence-corrected chi connectivity index (χ0v) is 9.95. The van der Waals surface area contributed by atoms with Crippen molar-refractivity contribution >= 4 is 5.97 Å². The van der Waals surface area contributed by atoms with Crippen LogP contribution in [0.15, 0.2) is 0 Å². The van der Waals surface area contributed by atoms with Gasteiger partial charge in [-0.3, -0.25) is 9.69 Å². The molecule has 4 nitrogen and oxygen atoms in total. The molecule has 0 aromatic carbocycles. The van der Waals surface area contributed by atoms with E-state index >= 15 is 0 Å². The zero-order valence-electron chi connectivity index (χ0n) is 9.95. The lowest BCUT2D eigenvalue weighted by molar-refractivity contribution is -0.161. The fourth-order valence-electron chi connectivity index (χ4n) is 1.80. The average molecular weight is 214 g/mol. The topological polar surface area (TPSA) is 55.6 Å². The first-order valence-corrected chi connectivity index (χ1v) is 5.57. The van der Waals surface area contributed by atoms with Crippen molar-refractivity contribution in [2.24, 2.45) is 11.7 Å². The van der Waals surface area contributed by atoms with Gasteiger partial charge in [-0.2, -0.15) is 0 Å². The van der Waals surface area contributed by atoms with Crippen molar-refractivity contribution in [2.75, 3.05) is 19.8 Å². The van der Waals surface area contributed by atoms with Crippen molar-refractivity contribution in [3.63, 3.8) is 0 Å². The fourth-order valence-corrected chi connectivity index (χ4v) is 1.80. The largest absolute Gasteiger partial charge is 0.460 e. The van der Waals surface area contributed by atoms with E-state index in [0.29, 0.717) is 6.67 Å². The number of hydrogen-bond donors (Lipinski definition) is 1. The number of nitrogens with zero attached hydrogens (tertiary/aromatic N) is 1. The third-order valence-electron chi connectivity index (χ3n) is 2.50. The van der Waals surface area contributed by atoms with Crippen molar-refractivity contribution in [1.82, 2.24) is 4.90 Å². The lowest BCUT2D eigenvalue weighted by Gasteiger charge is -2.32. The molecule has 0 radical (unpaired) electrons. The van der Waals surface area contributed by atoms with E-state index in [4.69, 9.17) is 10.5 Å². The molecular weight excluding hydrogens is 192 g/mol. The summed E-state index contributed by atoms with van der Waals surface area (Å²) in [7, 11) is 0. The Kier molecular flexibility index (Phi) is 4.11. The molecule has 0 amide bonds. The SMILES string of the molecule is CC(C)(C)OC(=O)C1CCCN(CN)C1. The van der Waals surface area contributed by atoms with Gasteiger partial charge < -0.3 is 10.5 Å². The minimum absolute atomic E-state index is 0.00141. The first-order chi connectivity index (χ1) is 6.92. The Labute approximate surface area is 91.8 Å². The monoisotopic (exact) mass is 214 g/mol. The van der Waals surface area contributed by atoms with E-state index in [1.54, 1.807) is 0 Å². The Morgan fingerprint density at radius 1 is 1.53 bits per heavy atom. The van der Waals surface area contributed by atoms with Crippen LogP contribution in [0.5, 0.6) is 0 Å². The molecule has 0 bridgehead atoms. The van der Waals surface area contributed by atoms with Crippen LogP contribution in [0.4, 0.5) is 0 Å². The number of esters is 1. The van der Waals surface area contributed by atoms with E-state index in [1.165, 1.54) is 0 Å². The van der Waals surface area contributed by atoms with Gasteiger partial charge in [-0.15, -0.1) is 0 Å². The van der Waals surface area contributed by atoms with Gasteiger partial charge in [-0.25, -0.2) is 0 Å². The molecule has 1 aliphatic heterocycles. The van der Waals surface area contributed by atoms with Gasteiger partial charge in [0.1, 0.15) is 5.60 Å². The van der Waals surface area contributed by atoms with Gasteiger partial charge >= 0.3 is 5.97 Å². The standard InChI is InChI=1S/C11H22N2O2/c1-11(2,3)15-10(14)9-5-4-6-13(7-9)8-12/h9H,4-8,12H2,1-3H3. The summed E-state index contributed by atoms with van der Waals surface area (Å²) in [5, 5.41) is 0. The van der Waals surface area contributed by atoms with Crippen molar-refractivity contribution < 1.29 is 9.53 Å². The maximum absolute atomic E-state index is 11.8. The van der Waals surface area contributed by atoms with Gasteiger partial charge in [0.25, 0.3) is 0 Å². The molecule has 0 aromatic rings. The minimum atomic E-state index is -0.387. The molecular formula is C11H22N2O2. The van der Waals surface area contributed by atoms with E-state index in [2.05, 4.69) is 4.90 Å². The van der Waals surface area contributed by atoms with Crippen LogP contribution in [0.3, 0.4) is 0 Å². The van der Waals surface area contributed by atoms with Crippen molar-refractivity contribution in [1.29, 1.82) is 0 Å². The Morgan fingerprint density at radius 3 is 2.73 bits per heavy atom. The number of nitrogens with two attached hydrogens (primary N) is 1. The van der Waals surface area contributed by atoms with Crippen LogP contribution in [0.25, 0.3) is 0 Å². The summed E-state index contributed by atoms with van der Waals surface area (Å²) in [5.41, 5.74) is 5.18. The third-order valence-corrected chi connectivity index (χ3v) is 2.50. The van der Waals surface area contributed by atoms with Gasteiger partial charge in [0.05, 0.1) is 5.92 Å².